The highest BCUT2D eigenvalue weighted by molar-refractivity contribution is 6.44. The number of halogens is 3. The highest BCUT2D eigenvalue weighted by Crippen LogP contribution is 2.36. The van der Waals surface area contributed by atoms with E-state index >= 15 is 0 Å². The Hall–Kier alpha value is -0.0300. The zero-order chi connectivity index (χ0) is 12.3. The summed E-state index contributed by atoms with van der Waals surface area (Å²) >= 11 is 17.7. The maximum absolute atomic E-state index is 9.94. The van der Waals surface area contributed by atoms with Gasteiger partial charge in [0.05, 0.1) is 16.1 Å². The van der Waals surface area contributed by atoms with Crippen molar-refractivity contribution in [1.29, 1.82) is 0 Å². The lowest BCUT2D eigenvalue weighted by molar-refractivity contribution is 0.129. The van der Waals surface area contributed by atoms with Crippen LogP contribution in [0, 0.1) is 0 Å². The summed E-state index contributed by atoms with van der Waals surface area (Å²) in [6, 6.07) is 2.44. The predicted molar refractivity (Wildman–Crippen MR) is 66.1 cm³/mol. The topological polar surface area (TPSA) is 66.5 Å². The van der Waals surface area contributed by atoms with Crippen molar-refractivity contribution in [3.05, 3.63) is 32.8 Å². The lowest BCUT2D eigenvalue weighted by Crippen LogP contribution is -2.29. The lowest BCUT2D eigenvalue weighted by Gasteiger charge is -2.20. The molecule has 1 rings (SSSR count). The van der Waals surface area contributed by atoms with Crippen molar-refractivity contribution in [2.24, 2.45) is 5.73 Å². The minimum absolute atomic E-state index is 0.117. The molecule has 0 fully saturated rings. The highest BCUT2D eigenvalue weighted by atomic mass is 35.5. The van der Waals surface area contributed by atoms with Crippen LogP contribution in [0.1, 0.15) is 18.1 Å². The summed E-state index contributed by atoms with van der Waals surface area (Å²) in [4.78, 5) is 0. The van der Waals surface area contributed by atoms with Gasteiger partial charge in [0.2, 0.25) is 0 Å². The van der Waals surface area contributed by atoms with E-state index in [1.807, 2.05) is 0 Å². The smallest absolute Gasteiger partial charge is 0.0971 e. The third kappa shape index (κ3) is 3.00. The second-order valence-electron chi connectivity index (χ2n) is 3.38. The van der Waals surface area contributed by atoms with Gasteiger partial charge in [0.1, 0.15) is 0 Å². The Bertz CT molecular complexity index is 373. The Balaban J connectivity index is 3.07. The van der Waals surface area contributed by atoms with E-state index in [1.165, 1.54) is 0 Å². The van der Waals surface area contributed by atoms with Crippen LogP contribution in [0.15, 0.2) is 12.1 Å². The van der Waals surface area contributed by atoms with Gasteiger partial charge in [-0.3, -0.25) is 0 Å². The summed E-state index contributed by atoms with van der Waals surface area (Å²) in [6.45, 7) is -0.117. The van der Waals surface area contributed by atoms with Gasteiger partial charge in [-0.1, -0.05) is 34.8 Å². The third-order valence-corrected chi connectivity index (χ3v) is 3.39. The van der Waals surface area contributed by atoms with Gasteiger partial charge in [-0.25, -0.2) is 0 Å². The van der Waals surface area contributed by atoms with Crippen LogP contribution < -0.4 is 5.73 Å². The maximum atomic E-state index is 9.94. The van der Waals surface area contributed by atoms with Crippen LogP contribution in [0.3, 0.4) is 0 Å². The lowest BCUT2D eigenvalue weighted by atomic mass is 10.0. The summed E-state index contributed by atoms with van der Waals surface area (Å²) in [5.41, 5.74) is 5.98. The Labute approximate surface area is 109 Å². The molecule has 4 N–H and O–H groups in total. The number of nitrogens with two attached hydrogens (primary N) is 1. The van der Waals surface area contributed by atoms with E-state index in [2.05, 4.69) is 0 Å². The van der Waals surface area contributed by atoms with Gasteiger partial charge in [-0.05, 0) is 18.6 Å². The molecule has 0 aliphatic carbocycles. The molecule has 2 unspecified atom stereocenters. The first-order valence-electron chi connectivity index (χ1n) is 4.67. The molecule has 0 aliphatic rings. The second kappa shape index (κ2) is 6.05. The molecule has 2 atom stereocenters. The van der Waals surface area contributed by atoms with Gasteiger partial charge < -0.3 is 15.9 Å². The Morgan fingerprint density at radius 1 is 1.19 bits per heavy atom. The van der Waals surface area contributed by atoms with Gasteiger partial charge in [-0.2, -0.15) is 0 Å². The molecule has 0 saturated carbocycles. The molecule has 0 radical (unpaired) electrons. The van der Waals surface area contributed by atoms with Crippen molar-refractivity contribution in [3.63, 3.8) is 0 Å². The molecule has 1 aromatic rings. The zero-order valence-corrected chi connectivity index (χ0v) is 10.6. The van der Waals surface area contributed by atoms with E-state index < -0.39 is 12.1 Å². The normalized spacial score (nSPS) is 14.9. The van der Waals surface area contributed by atoms with Crippen LogP contribution >= 0.6 is 34.8 Å². The van der Waals surface area contributed by atoms with E-state index in [0.717, 1.165) is 0 Å². The molecule has 0 saturated heterocycles. The monoisotopic (exact) mass is 283 g/mol. The number of hydrogen-bond donors (Lipinski definition) is 3. The fourth-order valence-electron chi connectivity index (χ4n) is 1.33. The van der Waals surface area contributed by atoms with Gasteiger partial charge in [0, 0.05) is 23.2 Å². The Morgan fingerprint density at radius 2 is 1.75 bits per heavy atom. The van der Waals surface area contributed by atoms with E-state index in [0.29, 0.717) is 15.6 Å². The van der Waals surface area contributed by atoms with Crippen molar-refractivity contribution < 1.29 is 10.2 Å². The summed E-state index contributed by atoms with van der Waals surface area (Å²) in [7, 11) is 0. The summed E-state index contributed by atoms with van der Waals surface area (Å²) in [6.07, 6.45) is -0.800. The number of rotatable bonds is 4. The van der Waals surface area contributed by atoms with Crippen molar-refractivity contribution in [1.82, 2.24) is 0 Å². The SMILES string of the molecule is NC(CCO)C(O)c1c(Cl)ccc(Cl)c1Cl. The number of hydrogen-bond acceptors (Lipinski definition) is 3. The van der Waals surface area contributed by atoms with Crippen LogP contribution in [0.2, 0.25) is 15.1 Å². The Morgan fingerprint density at radius 3 is 2.31 bits per heavy atom. The molecule has 16 heavy (non-hydrogen) atoms. The van der Waals surface area contributed by atoms with E-state index in [-0.39, 0.29) is 18.1 Å². The Kier molecular flexibility index (Phi) is 5.31. The zero-order valence-electron chi connectivity index (χ0n) is 8.33. The molecule has 90 valence electrons. The summed E-state index contributed by atoms with van der Waals surface area (Å²) < 4.78 is 0. The maximum Gasteiger partial charge on any atom is 0.0971 e. The van der Waals surface area contributed by atoms with Crippen molar-refractivity contribution >= 4 is 34.8 Å². The van der Waals surface area contributed by atoms with Crippen LogP contribution in [0.4, 0.5) is 0 Å². The first-order valence-corrected chi connectivity index (χ1v) is 5.80. The van der Waals surface area contributed by atoms with Gasteiger partial charge in [-0.15, -0.1) is 0 Å². The molecule has 0 aliphatic heterocycles. The molecular formula is C10H12Cl3NO2. The molecular weight excluding hydrogens is 272 g/mol. The second-order valence-corrected chi connectivity index (χ2v) is 4.57. The first kappa shape index (κ1) is 14.0. The molecule has 6 heteroatoms. The number of aliphatic hydroxyl groups excluding tert-OH is 2. The van der Waals surface area contributed by atoms with Gasteiger partial charge in [0.15, 0.2) is 0 Å². The standard InChI is InChI=1S/C10H12Cl3NO2/c11-5-1-2-6(12)9(13)8(5)10(16)7(14)3-4-15/h1-2,7,10,15-16H,3-4,14H2. The van der Waals surface area contributed by atoms with Crippen LogP contribution in [-0.2, 0) is 0 Å². The van der Waals surface area contributed by atoms with E-state index in [9.17, 15) is 5.11 Å². The fourth-order valence-corrected chi connectivity index (χ4v) is 2.09. The van der Waals surface area contributed by atoms with Crippen molar-refractivity contribution in [2.75, 3.05) is 6.61 Å². The quantitative estimate of drug-likeness (QED) is 0.744. The van der Waals surface area contributed by atoms with E-state index in [1.54, 1.807) is 12.1 Å². The summed E-state index contributed by atoms with van der Waals surface area (Å²) in [5, 5.41) is 19.5. The van der Waals surface area contributed by atoms with Gasteiger partial charge in [0.25, 0.3) is 0 Å². The fraction of sp³-hybridized carbons (Fsp3) is 0.400. The van der Waals surface area contributed by atoms with Crippen LogP contribution in [-0.4, -0.2) is 22.9 Å². The minimum atomic E-state index is -1.05. The van der Waals surface area contributed by atoms with Crippen molar-refractivity contribution in [2.45, 2.75) is 18.6 Å². The van der Waals surface area contributed by atoms with Crippen LogP contribution in [0.5, 0.6) is 0 Å². The summed E-state index contributed by atoms with van der Waals surface area (Å²) in [5.74, 6) is 0. The average Bonchev–Trinajstić information content (AvgIpc) is 2.24. The molecule has 0 bridgehead atoms. The molecule has 1 aromatic carbocycles. The molecule has 0 amide bonds. The van der Waals surface area contributed by atoms with Crippen molar-refractivity contribution in [3.8, 4) is 0 Å². The average molecular weight is 285 g/mol. The van der Waals surface area contributed by atoms with Crippen LogP contribution in [0.25, 0.3) is 0 Å². The predicted octanol–water partition coefficient (Wildman–Crippen LogP) is 2.39. The largest absolute Gasteiger partial charge is 0.396 e. The molecule has 0 heterocycles. The third-order valence-electron chi connectivity index (χ3n) is 2.24. The molecule has 0 spiro atoms. The first-order chi connectivity index (χ1) is 7.49. The van der Waals surface area contributed by atoms with E-state index in [4.69, 9.17) is 45.6 Å². The molecule has 3 nitrogen and oxygen atoms in total. The minimum Gasteiger partial charge on any atom is -0.396 e. The number of aliphatic hydroxyl groups is 2. The number of benzene rings is 1. The molecule has 0 aromatic heterocycles. The highest BCUT2D eigenvalue weighted by Gasteiger charge is 2.23. The van der Waals surface area contributed by atoms with Gasteiger partial charge >= 0.3 is 0 Å².